The number of anilines is 2. The van der Waals surface area contributed by atoms with E-state index in [4.69, 9.17) is 0 Å². The summed E-state index contributed by atoms with van der Waals surface area (Å²) in [6, 6.07) is 2.55. The van der Waals surface area contributed by atoms with E-state index in [0.717, 1.165) is 37.1 Å². The normalized spacial score (nSPS) is 17.4. The molecule has 1 saturated heterocycles. The quantitative estimate of drug-likeness (QED) is 0.866. The first-order chi connectivity index (χ1) is 9.58. The highest BCUT2D eigenvalue weighted by Gasteiger charge is 2.17. The van der Waals surface area contributed by atoms with E-state index in [1.807, 2.05) is 6.07 Å². The molecule has 2 rings (SSSR count). The highest BCUT2D eigenvalue weighted by Crippen LogP contribution is 2.20. The lowest BCUT2D eigenvalue weighted by molar-refractivity contribution is 0.263. The highest BCUT2D eigenvalue weighted by molar-refractivity contribution is 5.48. The number of aromatic nitrogens is 2. The van der Waals surface area contributed by atoms with Crippen LogP contribution in [-0.4, -0.2) is 47.6 Å². The van der Waals surface area contributed by atoms with Gasteiger partial charge >= 0.3 is 0 Å². The minimum Gasteiger partial charge on any atom is -0.370 e. The van der Waals surface area contributed by atoms with Gasteiger partial charge in [0.25, 0.3) is 0 Å². The number of rotatable bonds is 5. The van der Waals surface area contributed by atoms with Crippen molar-refractivity contribution in [2.45, 2.75) is 45.6 Å². The van der Waals surface area contributed by atoms with Crippen LogP contribution in [0.1, 0.15) is 45.4 Å². The summed E-state index contributed by atoms with van der Waals surface area (Å²) in [4.78, 5) is 11.6. The Balaban J connectivity index is 2.09. The van der Waals surface area contributed by atoms with E-state index < -0.39 is 0 Å². The van der Waals surface area contributed by atoms with Gasteiger partial charge in [-0.25, -0.2) is 9.97 Å². The molecule has 0 bridgehead atoms. The molecule has 0 radical (unpaired) electrons. The van der Waals surface area contributed by atoms with Gasteiger partial charge < -0.3 is 15.5 Å². The summed E-state index contributed by atoms with van der Waals surface area (Å²) in [5, 5.41) is 6.87. The average molecular weight is 277 g/mol. The molecular formula is C15H27N5. The molecule has 1 aliphatic heterocycles. The van der Waals surface area contributed by atoms with Crippen molar-refractivity contribution in [1.82, 2.24) is 14.9 Å². The van der Waals surface area contributed by atoms with Gasteiger partial charge in [-0.05, 0) is 39.9 Å². The molecule has 2 N–H and O–H groups in total. The second-order valence-corrected chi connectivity index (χ2v) is 5.90. The van der Waals surface area contributed by atoms with Gasteiger partial charge in [0.05, 0.1) is 0 Å². The van der Waals surface area contributed by atoms with Crippen LogP contribution in [0.2, 0.25) is 0 Å². The van der Waals surface area contributed by atoms with Crippen molar-refractivity contribution >= 4 is 11.6 Å². The first-order valence-corrected chi connectivity index (χ1v) is 7.66. The van der Waals surface area contributed by atoms with Gasteiger partial charge in [-0.1, -0.05) is 13.8 Å². The fourth-order valence-corrected chi connectivity index (χ4v) is 2.43. The van der Waals surface area contributed by atoms with Crippen molar-refractivity contribution in [2.24, 2.45) is 0 Å². The third kappa shape index (κ3) is 4.07. The van der Waals surface area contributed by atoms with Gasteiger partial charge in [-0.2, -0.15) is 0 Å². The molecule has 112 valence electrons. The molecule has 1 aromatic heterocycles. The van der Waals surface area contributed by atoms with Crippen molar-refractivity contribution in [1.29, 1.82) is 0 Å². The largest absolute Gasteiger partial charge is 0.370 e. The second kappa shape index (κ2) is 6.88. The average Bonchev–Trinajstić information content (AvgIpc) is 2.41. The molecule has 0 aliphatic carbocycles. The van der Waals surface area contributed by atoms with Gasteiger partial charge in [0.15, 0.2) is 0 Å². The van der Waals surface area contributed by atoms with Crippen molar-refractivity contribution in [2.75, 3.05) is 37.3 Å². The lowest BCUT2D eigenvalue weighted by Gasteiger charge is -2.30. The number of piperidine rings is 1. The van der Waals surface area contributed by atoms with Crippen molar-refractivity contribution in [3.05, 3.63) is 11.9 Å². The smallest absolute Gasteiger partial charge is 0.135 e. The van der Waals surface area contributed by atoms with Crippen LogP contribution in [-0.2, 0) is 0 Å². The predicted molar refractivity (Wildman–Crippen MR) is 84.4 cm³/mol. The summed E-state index contributed by atoms with van der Waals surface area (Å²) < 4.78 is 0. The number of nitrogens with one attached hydrogen (secondary N) is 2. The van der Waals surface area contributed by atoms with Crippen LogP contribution in [0.3, 0.4) is 0 Å². The van der Waals surface area contributed by atoms with Gasteiger partial charge in [-0.15, -0.1) is 0 Å². The Hall–Kier alpha value is -1.36. The Morgan fingerprint density at radius 3 is 2.50 bits per heavy atom. The standard InChI is InChI=1S/C15H27N5/c1-5-16-13-10-14(19-15(18-13)11(2)3)17-12-6-8-20(4)9-7-12/h10-12H,5-9H2,1-4H3,(H2,16,17,18,19). The Labute approximate surface area is 122 Å². The Bertz CT molecular complexity index is 424. The van der Waals surface area contributed by atoms with Crippen LogP contribution in [0, 0.1) is 0 Å². The first-order valence-electron chi connectivity index (χ1n) is 7.66. The molecule has 5 heteroatoms. The monoisotopic (exact) mass is 277 g/mol. The third-order valence-electron chi connectivity index (χ3n) is 3.69. The maximum Gasteiger partial charge on any atom is 0.135 e. The van der Waals surface area contributed by atoms with Gasteiger partial charge in [0, 0.05) is 24.6 Å². The zero-order valence-corrected chi connectivity index (χ0v) is 13.1. The van der Waals surface area contributed by atoms with E-state index in [1.165, 1.54) is 12.8 Å². The summed E-state index contributed by atoms with van der Waals surface area (Å²) in [5.41, 5.74) is 0. The Morgan fingerprint density at radius 1 is 1.25 bits per heavy atom. The molecule has 1 aliphatic rings. The van der Waals surface area contributed by atoms with Crippen molar-refractivity contribution in [3.8, 4) is 0 Å². The molecule has 0 saturated carbocycles. The topological polar surface area (TPSA) is 53.1 Å². The van der Waals surface area contributed by atoms with E-state index in [-0.39, 0.29) is 0 Å². The molecule has 2 heterocycles. The molecular weight excluding hydrogens is 250 g/mol. The first kappa shape index (κ1) is 15.0. The maximum absolute atomic E-state index is 4.65. The second-order valence-electron chi connectivity index (χ2n) is 5.90. The van der Waals surface area contributed by atoms with Gasteiger partial charge in [0.2, 0.25) is 0 Å². The number of likely N-dealkylation sites (tertiary alicyclic amines) is 1. The van der Waals surface area contributed by atoms with Crippen LogP contribution < -0.4 is 10.6 Å². The summed E-state index contributed by atoms with van der Waals surface area (Å²) in [7, 11) is 2.18. The number of hydrogen-bond acceptors (Lipinski definition) is 5. The zero-order chi connectivity index (χ0) is 14.5. The molecule has 0 atom stereocenters. The van der Waals surface area contributed by atoms with Crippen molar-refractivity contribution < 1.29 is 0 Å². The fraction of sp³-hybridized carbons (Fsp3) is 0.733. The summed E-state index contributed by atoms with van der Waals surface area (Å²) in [6.45, 7) is 9.53. The molecule has 0 aromatic carbocycles. The van der Waals surface area contributed by atoms with Crippen LogP contribution >= 0.6 is 0 Å². The van der Waals surface area contributed by atoms with E-state index >= 15 is 0 Å². The van der Waals surface area contributed by atoms with Crippen LogP contribution in [0.15, 0.2) is 6.07 Å². The summed E-state index contributed by atoms with van der Waals surface area (Å²) >= 11 is 0. The minimum atomic E-state index is 0.339. The summed E-state index contributed by atoms with van der Waals surface area (Å²) in [6.07, 6.45) is 2.35. The van der Waals surface area contributed by atoms with E-state index in [0.29, 0.717) is 12.0 Å². The van der Waals surface area contributed by atoms with Crippen molar-refractivity contribution in [3.63, 3.8) is 0 Å². The van der Waals surface area contributed by atoms with Crippen LogP contribution in [0.5, 0.6) is 0 Å². The highest BCUT2D eigenvalue weighted by atomic mass is 15.1. The lowest BCUT2D eigenvalue weighted by Crippen LogP contribution is -2.37. The molecule has 0 spiro atoms. The third-order valence-corrected chi connectivity index (χ3v) is 3.69. The molecule has 1 aromatic rings. The zero-order valence-electron chi connectivity index (χ0n) is 13.1. The Morgan fingerprint density at radius 2 is 1.90 bits per heavy atom. The van der Waals surface area contributed by atoms with Gasteiger partial charge in [0.1, 0.15) is 17.5 Å². The number of nitrogens with zero attached hydrogens (tertiary/aromatic N) is 3. The molecule has 0 unspecified atom stereocenters. The summed E-state index contributed by atoms with van der Waals surface area (Å²) in [5.74, 6) is 3.11. The fourth-order valence-electron chi connectivity index (χ4n) is 2.43. The van der Waals surface area contributed by atoms with Crippen LogP contribution in [0.25, 0.3) is 0 Å². The molecule has 1 fully saturated rings. The predicted octanol–water partition coefficient (Wildman–Crippen LogP) is 2.54. The molecule has 0 amide bonds. The minimum absolute atomic E-state index is 0.339. The van der Waals surface area contributed by atoms with E-state index in [1.54, 1.807) is 0 Å². The van der Waals surface area contributed by atoms with Gasteiger partial charge in [-0.3, -0.25) is 0 Å². The Kier molecular flexibility index (Phi) is 5.17. The molecule has 20 heavy (non-hydrogen) atoms. The molecule has 5 nitrogen and oxygen atoms in total. The SMILES string of the molecule is CCNc1cc(NC2CCN(C)CC2)nc(C(C)C)n1. The van der Waals surface area contributed by atoms with Crippen LogP contribution in [0.4, 0.5) is 11.6 Å². The number of hydrogen-bond donors (Lipinski definition) is 2. The van der Waals surface area contributed by atoms with E-state index in [2.05, 4.69) is 53.3 Å². The van der Waals surface area contributed by atoms with E-state index in [9.17, 15) is 0 Å². The lowest BCUT2D eigenvalue weighted by atomic mass is 10.1. The maximum atomic E-state index is 4.65.